The lowest BCUT2D eigenvalue weighted by molar-refractivity contribution is 0.417. The van der Waals surface area contributed by atoms with Gasteiger partial charge in [-0.3, -0.25) is 0 Å². The molecule has 106 valence electrons. The predicted molar refractivity (Wildman–Crippen MR) is 87.2 cm³/mol. The molecule has 0 aliphatic carbocycles. The molecule has 1 aromatic rings. The molecule has 0 atom stereocenters. The summed E-state index contributed by atoms with van der Waals surface area (Å²) in [6.07, 6.45) is 2.82. The van der Waals surface area contributed by atoms with E-state index in [1.54, 1.807) is 12.1 Å². The molecule has 0 saturated heterocycles. The molecule has 0 radical (unpaired) electrons. The molecule has 19 heavy (non-hydrogen) atoms. The van der Waals surface area contributed by atoms with Crippen LogP contribution in [0, 0.1) is 5.82 Å². The molecule has 5 heteroatoms. The topological polar surface area (TPSA) is 38.0 Å². The highest BCUT2D eigenvalue weighted by Crippen LogP contribution is 2.32. The second-order valence-electron chi connectivity index (χ2n) is 4.62. The van der Waals surface area contributed by atoms with Gasteiger partial charge in [-0.05, 0) is 47.3 Å². The van der Waals surface area contributed by atoms with Gasteiger partial charge in [-0.2, -0.15) is 0 Å². The average molecular weight is 347 g/mol. The van der Waals surface area contributed by atoms with E-state index in [4.69, 9.17) is 18.0 Å². The van der Waals surface area contributed by atoms with Crippen LogP contribution in [0.4, 0.5) is 10.1 Å². The second-order valence-corrected chi connectivity index (χ2v) is 5.85. The average Bonchev–Trinajstić information content (AvgIpc) is 2.40. The fourth-order valence-electron chi connectivity index (χ4n) is 2.14. The molecule has 0 unspecified atom stereocenters. The highest BCUT2D eigenvalue weighted by Gasteiger charge is 2.25. The fourth-order valence-corrected chi connectivity index (χ4v) is 3.00. The van der Waals surface area contributed by atoms with E-state index in [9.17, 15) is 4.39 Å². The molecule has 1 aromatic carbocycles. The van der Waals surface area contributed by atoms with Gasteiger partial charge >= 0.3 is 0 Å². The van der Waals surface area contributed by atoms with Crippen LogP contribution in [-0.4, -0.2) is 10.5 Å². The van der Waals surface area contributed by atoms with Crippen molar-refractivity contribution >= 4 is 38.8 Å². The van der Waals surface area contributed by atoms with Crippen LogP contribution in [0.2, 0.25) is 0 Å². The first kappa shape index (κ1) is 16.4. The Balaban J connectivity index is 3.16. The van der Waals surface area contributed by atoms with Crippen LogP contribution < -0.4 is 11.1 Å². The van der Waals surface area contributed by atoms with Crippen LogP contribution in [-0.2, 0) is 0 Å². The summed E-state index contributed by atoms with van der Waals surface area (Å²) in [6, 6.07) is 3.44. The van der Waals surface area contributed by atoms with Gasteiger partial charge in [-0.15, -0.1) is 0 Å². The van der Waals surface area contributed by atoms with Crippen molar-refractivity contribution < 1.29 is 4.39 Å². The van der Waals surface area contributed by atoms with Crippen molar-refractivity contribution in [2.75, 3.05) is 5.32 Å². The van der Waals surface area contributed by atoms with Crippen molar-refractivity contribution in [2.45, 2.75) is 45.6 Å². The van der Waals surface area contributed by atoms with Crippen molar-refractivity contribution in [2.24, 2.45) is 5.73 Å². The fraction of sp³-hybridized carbons (Fsp3) is 0.500. The van der Waals surface area contributed by atoms with E-state index >= 15 is 0 Å². The quantitative estimate of drug-likeness (QED) is 0.739. The Labute approximate surface area is 128 Å². The van der Waals surface area contributed by atoms with Gasteiger partial charge in [0.1, 0.15) is 4.99 Å². The van der Waals surface area contributed by atoms with Crippen LogP contribution in [0.3, 0.4) is 0 Å². The number of nitrogens with two attached hydrogens (primary N) is 1. The summed E-state index contributed by atoms with van der Waals surface area (Å²) in [5.41, 5.74) is 6.48. The maximum Gasteiger partial charge on any atom is 0.161 e. The molecule has 0 fully saturated rings. The first-order valence-electron chi connectivity index (χ1n) is 6.46. The Morgan fingerprint density at radius 3 is 2.26 bits per heavy atom. The van der Waals surface area contributed by atoms with Gasteiger partial charge in [0, 0.05) is 11.1 Å². The number of rotatable bonds is 6. The number of hydrogen-bond acceptors (Lipinski definition) is 2. The highest BCUT2D eigenvalue weighted by atomic mass is 79.9. The highest BCUT2D eigenvalue weighted by molar-refractivity contribution is 9.10. The Kier molecular flexibility index (Phi) is 5.74. The largest absolute Gasteiger partial charge is 0.389 e. The molecule has 0 spiro atoms. The predicted octanol–water partition coefficient (Wildman–Crippen LogP) is 4.60. The van der Waals surface area contributed by atoms with E-state index in [1.165, 1.54) is 0 Å². The zero-order valence-electron chi connectivity index (χ0n) is 11.5. The molecular weight excluding hydrogens is 327 g/mol. The second kappa shape index (κ2) is 6.66. The van der Waals surface area contributed by atoms with Crippen molar-refractivity contribution in [3.05, 3.63) is 28.0 Å². The van der Waals surface area contributed by atoms with Crippen LogP contribution in [0.25, 0.3) is 0 Å². The van der Waals surface area contributed by atoms with Crippen molar-refractivity contribution in [3.63, 3.8) is 0 Å². The minimum absolute atomic E-state index is 0.0784. The summed E-state index contributed by atoms with van der Waals surface area (Å²) in [5, 5.41) is 3.33. The normalized spacial score (nSPS) is 11.4. The lowest BCUT2D eigenvalue weighted by Gasteiger charge is -2.33. The number of anilines is 1. The van der Waals surface area contributed by atoms with Crippen molar-refractivity contribution in [1.29, 1.82) is 0 Å². The van der Waals surface area contributed by atoms with Crippen molar-refractivity contribution in [1.82, 2.24) is 0 Å². The van der Waals surface area contributed by atoms with Crippen molar-refractivity contribution in [3.8, 4) is 0 Å². The monoisotopic (exact) mass is 346 g/mol. The molecule has 2 nitrogen and oxygen atoms in total. The van der Waals surface area contributed by atoms with Gasteiger partial charge in [0.15, 0.2) is 5.82 Å². The van der Waals surface area contributed by atoms with Gasteiger partial charge in [0.2, 0.25) is 0 Å². The standard InChI is InChI=1S/C14H20BrFN2S/c1-4-14(5-2,6-3)18-10-8-7-9(13(17)19)11(15)12(10)16/h7-8,18H,4-6H2,1-3H3,(H2,17,19). The Hall–Kier alpha value is -0.680. The third-order valence-corrected chi connectivity index (χ3v) is 4.77. The minimum Gasteiger partial charge on any atom is -0.389 e. The molecule has 0 bridgehead atoms. The van der Waals surface area contributed by atoms with E-state index in [0.29, 0.717) is 15.7 Å². The molecule has 0 aliphatic heterocycles. The molecule has 1 rings (SSSR count). The molecule has 0 heterocycles. The van der Waals surface area contributed by atoms with E-state index in [0.717, 1.165) is 19.3 Å². The maximum absolute atomic E-state index is 14.3. The zero-order chi connectivity index (χ0) is 14.6. The molecule has 3 N–H and O–H groups in total. The summed E-state index contributed by atoms with van der Waals surface area (Å²) in [4.78, 5) is 0.185. The van der Waals surface area contributed by atoms with Gasteiger partial charge in [-0.25, -0.2) is 4.39 Å². The minimum atomic E-state index is -0.343. The van der Waals surface area contributed by atoms with Crippen LogP contribution >= 0.6 is 28.1 Å². The number of halogens is 2. The summed E-state index contributed by atoms with van der Waals surface area (Å²) in [6.45, 7) is 6.32. The lowest BCUT2D eigenvalue weighted by Crippen LogP contribution is -2.36. The van der Waals surface area contributed by atoms with Gasteiger partial charge in [0.25, 0.3) is 0 Å². The SMILES string of the molecule is CCC(CC)(CC)Nc1ccc(C(N)=S)c(Br)c1F. The van der Waals surface area contributed by atoms with Gasteiger partial charge in [-0.1, -0.05) is 33.0 Å². The Morgan fingerprint density at radius 1 is 1.32 bits per heavy atom. The molecule has 0 aromatic heterocycles. The van der Waals surface area contributed by atoms with Gasteiger partial charge < -0.3 is 11.1 Å². The number of nitrogens with one attached hydrogen (secondary N) is 1. The van der Waals surface area contributed by atoms with Crippen LogP contribution in [0.5, 0.6) is 0 Å². The molecule has 0 saturated carbocycles. The summed E-state index contributed by atoms with van der Waals surface area (Å²) in [5.74, 6) is -0.343. The molecule has 0 amide bonds. The third-order valence-electron chi connectivity index (χ3n) is 3.78. The first-order chi connectivity index (χ1) is 8.90. The van der Waals surface area contributed by atoms with E-state index < -0.39 is 0 Å². The summed E-state index contributed by atoms with van der Waals surface area (Å²) >= 11 is 8.11. The number of hydrogen-bond donors (Lipinski definition) is 2. The van der Waals surface area contributed by atoms with Crippen LogP contribution in [0.1, 0.15) is 45.6 Å². The third kappa shape index (κ3) is 3.45. The maximum atomic E-state index is 14.3. The number of thiocarbonyl (C=S) groups is 1. The Bertz CT molecular complexity index is 464. The smallest absolute Gasteiger partial charge is 0.161 e. The zero-order valence-corrected chi connectivity index (χ0v) is 13.9. The van der Waals surface area contributed by atoms with Crippen LogP contribution in [0.15, 0.2) is 16.6 Å². The number of benzene rings is 1. The summed E-state index contributed by atoms with van der Waals surface area (Å²) in [7, 11) is 0. The van der Waals surface area contributed by atoms with E-state index in [-0.39, 0.29) is 16.3 Å². The lowest BCUT2D eigenvalue weighted by atomic mass is 9.89. The van der Waals surface area contributed by atoms with E-state index in [1.807, 2.05) is 0 Å². The summed E-state index contributed by atoms with van der Waals surface area (Å²) < 4.78 is 14.7. The van der Waals surface area contributed by atoms with E-state index in [2.05, 4.69) is 42.0 Å². The Morgan fingerprint density at radius 2 is 1.84 bits per heavy atom. The molecule has 0 aliphatic rings. The molecular formula is C14H20BrFN2S. The first-order valence-corrected chi connectivity index (χ1v) is 7.66. The van der Waals surface area contributed by atoms with Gasteiger partial charge in [0.05, 0.1) is 10.2 Å².